The molecule has 0 saturated carbocycles. The van der Waals surface area contributed by atoms with Crippen LogP contribution in [-0.2, 0) is 15.8 Å². The first kappa shape index (κ1) is 19.3. The van der Waals surface area contributed by atoms with Crippen LogP contribution in [0.5, 0.6) is 0 Å². The number of carbonyl (C=O) groups excluding carboxylic acids is 2. The SMILES string of the molecule is Cc1cccc(C)c1CS(=O)(=O)NC(C)CN1C(=O)c2ccccc2C1=O. The number of carbonyl (C=O) groups is 2. The molecule has 0 fully saturated rings. The van der Waals surface area contributed by atoms with Crippen LogP contribution in [0.1, 0.15) is 44.3 Å². The zero-order valence-corrected chi connectivity index (χ0v) is 16.3. The van der Waals surface area contributed by atoms with Crippen molar-refractivity contribution in [3.63, 3.8) is 0 Å². The van der Waals surface area contributed by atoms with Gasteiger partial charge in [-0.15, -0.1) is 0 Å². The summed E-state index contributed by atoms with van der Waals surface area (Å²) in [5.41, 5.74) is 3.29. The van der Waals surface area contributed by atoms with Crippen molar-refractivity contribution >= 4 is 21.8 Å². The number of nitrogens with one attached hydrogen (secondary N) is 1. The highest BCUT2D eigenvalue weighted by Gasteiger charge is 2.36. The van der Waals surface area contributed by atoms with Crippen molar-refractivity contribution < 1.29 is 18.0 Å². The molecule has 0 aliphatic carbocycles. The van der Waals surface area contributed by atoms with Gasteiger partial charge in [-0.1, -0.05) is 30.3 Å². The molecule has 142 valence electrons. The monoisotopic (exact) mass is 386 g/mol. The maximum Gasteiger partial charge on any atom is 0.261 e. The molecule has 0 aromatic heterocycles. The molecule has 0 saturated heterocycles. The molecule has 1 aliphatic heterocycles. The van der Waals surface area contributed by atoms with Gasteiger partial charge in [-0.3, -0.25) is 14.5 Å². The standard InChI is InChI=1S/C20H22N2O4S/c1-13-7-6-8-14(2)18(13)12-27(25,26)21-15(3)11-22-19(23)16-9-4-5-10-17(16)20(22)24/h4-10,15,21H,11-12H2,1-3H3. The lowest BCUT2D eigenvalue weighted by Gasteiger charge is -2.21. The third-order valence-corrected chi connectivity index (χ3v) is 6.12. The summed E-state index contributed by atoms with van der Waals surface area (Å²) in [6, 6.07) is 11.6. The van der Waals surface area contributed by atoms with E-state index >= 15 is 0 Å². The van der Waals surface area contributed by atoms with Crippen LogP contribution in [0.3, 0.4) is 0 Å². The number of imide groups is 1. The molecule has 2 aromatic rings. The molecule has 0 bridgehead atoms. The van der Waals surface area contributed by atoms with E-state index in [1.54, 1.807) is 31.2 Å². The van der Waals surface area contributed by atoms with Crippen molar-refractivity contribution in [2.24, 2.45) is 0 Å². The summed E-state index contributed by atoms with van der Waals surface area (Å²) >= 11 is 0. The van der Waals surface area contributed by atoms with Crippen molar-refractivity contribution in [1.29, 1.82) is 0 Å². The summed E-state index contributed by atoms with van der Waals surface area (Å²) in [4.78, 5) is 25.9. The van der Waals surface area contributed by atoms with Gasteiger partial charge in [0, 0.05) is 12.6 Å². The van der Waals surface area contributed by atoms with Gasteiger partial charge in [0.15, 0.2) is 0 Å². The number of fused-ring (bicyclic) bond motifs is 1. The average molecular weight is 386 g/mol. The molecular formula is C20H22N2O4S. The van der Waals surface area contributed by atoms with Crippen LogP contribution in [0.15, 0.2) is 42.5 Å². The number of nitrogens with zero attached hydrogens (tertiary/aromatic N) is 1. The van der Waals surface area contributed by atoms with Gasteiger partial charge in [0.05, 0.1) is 16.9 Å². The number of benzene rings is 2. The molecule has 27 heavy (non-hydrogen) atoms. The number of rotatable bonds is 6. The van der Waals surface area contributed by atoms with Crippen molar-refractivity contribution in [2.45, 2.75) is 32.6 Å². The second-order valence-corrected chi connectivity index (χ2v) is 8.67. The summed E-state index contributed by atoms with van der Waals surface area (Å²) < 4.78 is 27.7. The highest BCUT2D eigenvalue weighted by Crippen LogP contribution is 2.22. The quantitative estimate of drug-likeness (QED) is 0.773. The maximum absolute atomic E-state index is 12.6. The molecule has 1 unspecified atom stereocenters. The predicted molar refractivity (Wildman–Crippen MR) is 103 cm³/mol. The number of hydrogen-bond acceptors (Lipinski definition) is 4. The van der Waals surface area contributed by atoms with Gasteiger partial charge >= 0.3 is 0 Å². The van der Waals surface area contributed by atoms with E-state index in [1.165, 1.54) is 0 Å². The van der Waals surface area contributed by atoms with Crippen LogP contribution in [-0.4, -0.2) is 37.7 Å². The Balaban J connectivity index is 1.70. The molecular weight excluding hydrogens is 364 g/mol. The molecule has 2 aromatic carbocycles. The maximum atomic E-state index is 12.6. The summed E-state index contributed by atoms with van der Waals surface area (Å²) in [5, 5.41) is 0. The molecule has 1 atom stereocenters. The van der Waals surface area contributed by atoms with E-state index in [4.69, 9.17) is 0 Å². The van der Waals surface area contributed by atoms with Crippen LogP contribution in [0.25, 0.3) is 0 Å². The Bertz CT molecular complexity index is 959. The molecule has 1 heterocycles. The molecule has 1 N–H and O–H groups in total. The topological polar surface area (TPSA) is 83.6 Å². The van der Waals surface area contributed by atoms with Gasteiger partial charge in [-0.25, -0.2) is 13.1 Å². The van der Waals surface area contributed by atoms with E-state index in [2.05, 4.69) is 4.72 Å². The largest absolute Gasteiger partial charge is 0.273 e. The van der Waals surface area contributed by atoms with Crippen molar-refractivity contribution in [3.8, 4) is 0 Å². The second-order valence-electron chi connectivity index (χ2n) is 6.91. The molecule has 3 rings (SSSR count). The fourth-order valence-electron chi connectivity index (χ4n) is 3.33. The molecule has 6 nitrogen and oxygen atoms in total. The van der Waals surface area contributed by atoms with Crippen LogP contribution in [0, 0.1) is 13.8 Å². The molecule has 7 heteroatoms. The van der Waals surface area contributed by atoms with Crippen molar-refractivity contribution in [2.75, 3.05) is 6.54 Å². The normalized spacial score (nSPS) is 15.1. The highest BCUT2D eigenvalue weighted by atomic mass is 32.2. The smallest absolute Gasteiger partial charge is 0.261 e. The van der Waals surface area contributed by atoms with Gasteiger partial charge < -0.3 is 0 Å². The summed E-state index contributed by atoms with van der Waals surface area (Å²) in [5.74, 6) is -0.925. The van der Waals surface area contributed by atoms with E-state index in [-0.39, 0.29) is 12.3 Å². The number of aryl methyl sites for hydroxylation is 2. The summed E-state index contributed by atoms with van der Waals surface area (Å²) in [6.45, 7) is 5.38. The minimum Gasteiger partial charge on any atom is -0.273 e. The lowest BCUT2D eigenvalue weighted by atomic mass is 10.1. The lowest BCUT2D eigenvalue weighted by Crippen LogP contribution is -2.44. The predicted octanol–water partition coefficient (Wildman–Crippen LogP) is 2.41. The average Bonchev–Trinajstić information content (AvgIpc) is 2.83. The molecule has 0 radical (unpaired) electrons. The van der Waals surface area contributed by atoms with Gasteiger partial charge in [-0.05, 0) is 49.6 Å². The Morgan fingerprint density at radius 1 is 0.926 bits per heavy atom. The molecule has 1 aliphatic rings. The summed E-state index contributed by atoms with van der Waals surface area (Å²) in [7, 11) is -3.62. The van der Waals surface area contributed by atoms with Crippen LogP contribution < -0.4 is 4.72 Å². The highest BCUT2D eigenvalue weighted by molar-refractivity contribution is 7.88. The van der Waals surface area contributed by atoms with Crippen LogP contribution >= 0.6 is 0 Å². The Hall–Kier alpha value is -2.51. The van der Waals surface area contributed by atoms with Crippen molar-refractivity contribution in [1.82, 2.24) is 9.62 Å². The minimum atomic E-state index is -3.62. The zero-order valence-electron chi connectivity index (χ0n) is 15.5. The third-order valence-electron chi connectivity index (χ3n) is 4.69. The third kappa shape index (κ3) is 3.94. The van der Waals surface area contributed by atoms with Crippen LogP contribution in [0.2, 0.25) is 0 Å². The van der Waals surface area contributed by atoms with E-state index in [0.29, 0.717) is 11.1 Å². The van der Waals surface area contributed by atoms with Gasteiger partial charge in [-0.2, -0.15) is 0 Å². The molecule has 2 amide bonds. The van der Waals surface area contributed by atoms with Gasteiger partial charge in [0.1, 0.15) is 0 Å². The number of hydrogen-bond donors (Lipinski definition) is 1. The first-order valence-corrected chi connectivity index (χ1v) is 10.3. The Kier molecular flexibility index (Phi) is 5.17. The Labute approximate surface area is 159 Å². The Morgan fingerprint density at radius 3 is 1.96 bits per heavy atom. The van der Waals surface area contributed by atoms with E-state index < -0.39 is 27.9 Å². The van der Waals surface area contributed by atoms with Gasteiger partial charge in [0.25, 0.3) is 11.8 Å². The zero-order chi connectivity index (χ0) is 19.8. The summed E-state index contributed by atoms with van der Waals surface area (Å²) in [6.07, 6.45) is 0. The lowest BCUT2D eigenvalue weighted by molar-refractivity contribution is 0.0644. The van der Waals surface area contributed by atoms with Crippen molar-refractivity contribution in [3.05, 3.63) is 70.3 Å². The van der Waals surface area contributed by atoms with E-state index in [9.17, 15) is 18.0 Å². The van der Waals surface area contributed by atoms with E-state index in [1.807, 2.05) is 32.0 Å². The van der Waals surface area contributed by atoms with Crippen LogP contribution in [0.4, 0.5) is 0 Å². The van der Waals surface area contributed by atoms with E-state index in [0.717, 1.165) is 21.6 Å². The fraction of sp³-hybridized carbons (Fsp3) is 0.300. The molecule has 0 spiro atoms. The van der Waals surface area contributed by atoms with Gasteiger partial charge in [0.2, 0.25) is 10.0 Å². The minimum absolute atomic E-state index is 0.0155. The number of amides is 2. The first-order valence-electron chi connectivity index (χ1n) is 8.70. The number of sulfonamides is 1. The first-order chi connectivity index (χ1) is 12.7. The fourth-order valence-corrected chi connectivity index (χ4v) is 4.94. The Morgan fingerprint density at radius 2 is 1.44 bits per heavy atom. The second kappa shape index (κ2) is 7.25.